The first-order chi connectivity index (χ1) is 9.91. The second kappa shape index (κ2) is 6.56. The van der Waals surface area contributed by atoms with Crippen LogP contribution in [0.15, 0.2) is 47.4 Å². The topological polar surface area (TPSA) is 52.6 Å². The molecule has 0 aliphatic rings. The molecule has 0 heterocycles. The third-order valence-corrected chi connectivity index (χ3v) is 4.32. The van der Waals surface area contributed by atoms with E-state index in [1.807, 2.05) is 18.2 Å². The van der Waals surface area contributed by atoms with Crippen molar-refractivity contribution in [1.29, 1.82) is 0 Å². The summed E-state index contributed by atoms with van der Waals surface area (Å²) in [5.74, 6) is 0.794. The largest absolute Gasteiger partial charge is 0.496 e. The monoisotopic (exact) mass is 346 g/mol. The van der Waals surface area contributed by atoms with Crippen molar-refractivity contribution in [3.8, 4) is 11.5 Å². The lowest BCUT2D eigenvalue weighted by atomic mass is 10.2. The molecule has 2 aromatic rings. The van der Waals surface area contributed by atoms with E-state index < -0.39 is 9.05 Å². The Bertz CT molecular complexity index is 744. The average molecular weight is 347 g/mol. The molecule has 0 bridgehead atoms. The standard InChI is InChI=1S/C14H12Cl2O4S/c1-19-12-5-3-2-4-10(12)9-20-13-7-6-11(15)8-14(13)21(16,17)18/h2-8H,9H2,1H3. The molecule has 2 rings (SSSR count). The zero-order valence-corrected chi connectivity index (χ0v) is 13.4. The van der Waals surface area contributed by atoms with Crippen LogP contribution in [0.1, 0.15) is 5.56 Å². The van der Waals surface area contributed by atoms with E-state index in [0.717, 1.165) is 5.56 Å². The van der Waals surface area contributed by atoms with Crippen molar-refractivity contribution in [2.45, 2.75) is 11.5 Å². The summed E-state index contributed by atoms with van der Waals surface area (Å²) in [5.41, 5.74) is 0.785. The van der Waals surface area contributed by atoms with E-state index in [-0.39, 0.29) is 22.3 Å². The molecule has 0 aliphatic carbocycles. The van der Waals surface area contributed by atoms with Gasteiger partial charge >= 0.3 is 0 Å². The van der Waals surface area contributed by atoms with E-state index in [2.05, 4.69) is 0 Å². The number of methoxy groups -OCH3 is 1. The number of ether oxygens (including phenoxy) is 2. The van der Waals surface area contributed by atoms with E-state index in [1.54, 1.807) is 13.2 Å². The molecule has 0 atom stereocenters. The van der Waals surface area contributed by atoms with Crippen LogP contribution in [0.2, 0.25) is 5.02 Å². The summed E-state index contributed by atoms with van der Waals surface area (Å²) >= 11 is 5.79. The lowest BCUT2D eigenvalue weighted by Crippen LogP contribution is -2.02. The maximum Gasteiger partial charge on any atom is 0.265 e. The quantitative estimate of drug-likeness (QED) is 0.771. The Morgan fingerprint density at radius 1 is 1.10 bits per heavy atom. The molecule has 0 aliphatic heterocycles. The van der Waals surface area contributed by atoms with Gasteiger partial charge in [0, 0.05) is 21.3 Å². The zero-order valence-electron chi connectivity index (χ0n) is 11.0. The average Bonchev–Trinajstić information content (AvgIpc) is 2.45. The van der Waals surface area contributed by atoms with Gasteiger partial charge in [-0.3, -0.25) is 0 Å². The van der Waals surface area contributed by atoms with Crippen molar-refractivity contribution in [2.24, 2.45) is 0 Å². The molecule has 0 saturated heterocycles. The number of benzene rings is 2. The highest BCUT2D eigenvalue weighted by molar-refractivity contribution is 8.13. The third-order valence-electron chi connectivity index (χ3n) is 2.74. The van der Waals surface area contributed by atoms with Gasteiger partial charge in [0.25, 0.3) is 9.05 Å². The highest BCUT2D eigenvalue weighted by Crippen LogP contribution is 2.31. The lowest BCUT2D eigenvalue weighted by Gasteiger charge is -2.12. The van der Waals surface area contributed by atoms with Crippen LogP contribution < -0.4 is 9.47 Å². The van der Waals surface area contributed by atoms with Crippen LogP contribution in [-0.2, 0) is 15.7 Å². The number of hydrogen-bond donors (Lipinski definition) is 0. The molecular formula is C14H12Cl2O4S. The molecule has 0 spiro atoms. The maximum atomic E-state index is 11.5. The molecule has 0 radical (unpaired) electrons. The minimum absolute atomic E-state index is 0.139. The van der Waals surface area contributed by atoms with E-state index >= 15 is 0 Å². The zero-order chi connectivity index (χ0) is 15.5. The fourth-order valence-electron chi connectivity index (χ4n) is 1.77. The first kappa shape index (κ1) is 15.9. The summed E-state index contributed by atoms with van der Waals surface area (Å²) in [7, 11) is 2.99. The van der Waals surface area contributed by atoms with Crippen molar-refractivity contribution in [1.82, 2.24) is 0 Å². The summed E-state index contributed by atoms with van der Waals surface area (Å²) in [6.45, 7) is 0.144. The smallest absolute Gasteiger partial charge is 0.265 e. The van der Waals surface area contributed by atoms with Crippen molar-refractivity contribution in [3.05, 3.63) is 53.1 Å². The molecule has 0 unspecified atom stereocenters. The highest BCUT2D eigenvalue weighted by Gasteiger charge is 2.18. The van der Waals surface area contributed by atoms with Crippen molar-refractivity contribution in [2.75, 3.05) is 7.11 Å². The van der Waals surface area contributed by atoms with Gasteiger partial charge in [-0.15, -0.1) is 0 Å². The van der Waals surface area contributed by atoms with Gasteiger partial charge in [0.2, 0.25) is 0 Å². The Kier molecular flexibility index (Phi) is 4.98. The molecule has 0 saturated carbocycles. The fourth-order valence-corrected chi connectivity index (χ4v) is 3.00. The molecule has 0 N–H and O–H groups in total. The Morgan fingerprint density at radius 3 is 2.48 bits per heavy atom. The van der Waals surface area contributed by atoms with E-state index in [9.17, 15) is 8.42 Å². The van der Waals surface area contributed by atoms with Gasteiger partial charge < -0.3 is 9.47 Å². The molecule has 0 aromatic heterocycles. The summed E-state index contributed by atoms with van der Waals surface area (Å²) < 4.78 is 33.8. The van der Waals surface area contributed by atoms with Gasteiger partial charge in [-0.25, -0.2) is 8.42 Å². The van der Waals surface area contributed by atoms with Crippen LogP contribution in [0, 0.1) is 0 Å². The van der Waals surface area contributed by atoms with Gasteiger partial charge in [-0.05, 0) is 24.3 Å². The molecule has 0 fully saturated rings. The second-order valence-corrected chi connectivity index (χ2v) is 7.10. The molecule has 21 heavy (non-hydrogen) atoms. The summed E-state index contributed by atoms with van der Waals surface area (Å²) in [6.07, 6.45) is 0. The Balaban J connectivity index is 2.29. The normalized spacial score (nSPS) is 11.2. The van der Waals surface area contributed by atoms with Crippen molar-refractivity contribution < 1.29 is 17.9 Å². The summed E-state index contributed by atoms with van der Waals surface area (Å²) in [6, 6.07) is 11.5. The fraction of sp³-hybridized carbons (Fsp3) is 0.143. The van der Waals surface area contributed by atoms with Crippen LogP contribution in [0.25, 0.3) is 0 Å². The molecule has 0 amide bonds. The van der Waals surface area contributed by atoms with Gasteiger partial charge in [-0.1, -0.05) is 29.8 Å². The predicted octanol–water partition coefficient (Wildman–Crippen LogP) is 3.86. The molecule has 7 heteroatoms. The lowest BCUT2D eigenvalue weighted by molar-refractivity contribution is 0.289. The molecule has 112 valence electrons. The second-order valence-electron chi connectivity index (χ2n) is 4.13. The van der Waals surface area contributed by atoms with Crippen molar-refractivity contribution >= 4 is 31.3 Å². The van der Waals surface area contributed by atoms with Crippen LogP contribution in [0.4, 0.5) is 0 Å². The number of halogens is 2. The molecule has 2 aromatic carbocycles. The molecular weight excluding hydrogens is 335 g/mol. The predicted molar refractivity (Wildman–Crippen MR) is 81.8 cm³/mol. The van der Waals surface area contributed by atoms with Gasteiger partial charge in [0.1, 0.15) is 23.0 Å². The van der Waals surface area contributed by atoms with Crippen molar-refractivity contribution in [3.63, 3.8) is 0 Å². The number of hydrogen-bond acceptors (Lipinski definition) is 4. The minimum atomic E-state index is -3.94. The van der Waals surface area contributed by atoms with Crippen LogP contribution >= 0.6 is 22.3 Å². The van der Waals surface area contributed by atoms with E-state index in [1.165, 1.54) is 18.2 Å². The molecule has 4 nitrogen and oxygen atoms in total. The minimum Gasteiger partial charge on any atom is -0.496 e. The highest BCUT2D eigenvalue weighted by atomic mass is 35.7. The first-order valence-electron chi connectivity index (χ1n) is 5.90. The first-order valence-corrected chi connectivity index (χ1v) is 8.59. The SMILES string of the molecule is COc1ccccc1COc1ccc(Cl)cc1S(=O)(=O)Cl. The van der Waals surface area contributed by atoms with Crippen LogP contribution in [-0.4, -0.2) is 15.5 Å². The van der Waals surface area contributed by atoms with E-state index in [4.69, 9.17) is 31.8 Å². The number of rotatable bonds is 5. The van der Waals surface area contributed by atoms with Gasteiger partial charge in [-0.2, -0.15) is 0 Å². The Hall–Kier alpha value is -1.43. The Morgan fingerprint density at radius 2 is 1.81 bits per heavy atom. The van der Waals surface area contributed by atoms with Crippen LogP contribution in [0.3, 0.4) is 0 Å². The van der Waals surface area contributed by atoms with E-state index in [0.29, 0.717) is 5.75 Å². The maximum absolute atomic E-state index is 11.5. The van der Waals surface area contributed by atoms with Crippen LogP contribution in [0.5, 0.6) is 11.5 Å². The summed E-state index contributed by atoms with van der Waals surface area (Å²) in [5, 5.41) is 0.263. The summed E-state index contributed by atoms with van der Waals surface area (Å²) in [4.78, 5) is -0.161. The van der Waals surface area contributed by atoms with Gasteiger partial charge in [0.05, 0.1) is 7.11 Å². The van der Waals surface area contributed by atoms with Gasteiger partial charge in [0.15, 0.2) is 0 Å². The number of para-hydroxylation sites is 1. The third kappa shape index (κ3) is 4.03. The Labute approximate surface area is 132 Å².